The van der Waals surface area contributed by atoms with Crippen LogP contribution in [-0.2, 0) is 12.5 Å². The minimum Gasteiger partial charge on any atom is -0.429 e. The first kappa shape index (κ1) is 25.3. The van der Waals surface area contributed by atoms with Crippen molar-refractivity contribution in [2.24, 2.45) is 0 Å². The van der Waals surface area contributed by atoms with Crippen LogP contribution in [0.1, 0.15) is 24.5 Å². The second kappa shape index (κ2) is 10.0. The predicted octanol–water partition coefficient (Wildman–Crippen LogP) is 8.80. The highest BCUT2D eigenvalue weighted by Crippen LogP contribution is 2.38. The lowest BCUT2D eigenvalue weighted by atomic mass is 10.00. The zero-order chi connectivity index (χ0) is 26.0. The van der Waals surface area contributed by atoms with E-state index in [0.717, 1.165) is 54.8 Å². The van der Waals surface area contributed by atoms with Gasteiger partial charge in [-0.2, -0.15) is 8.78 Å². The average Bonchev–Trinajstić information content (AvgIpc) is 2.83. The molecule has 8 heteroatoms. The number of halogens is 7. The molecule has 0 aliphatic rings. The van der Waals surface area contributed by atoms with Crippen molar-refractivity contribution < 1.29 is 35.5 Å². The molecule has 4 aromatic carbocycles. The standard InChI is InChI=1S/C28H19F7O/c1-2-3-16-4-6-17(7-5-16)21-11-12-22(27(33)26(21)32)28(34,35)36-19-9-10-20(24(30)15-19)18-8-13-23(29)25(31)14-18/h4-15H,2-3H2,1H3. The summed E-state index contributed by atoms with van der Waals surface area (Å²) in [7, 11) is 0. The SMILES string of the molecule is CCCc1ccc(-c2ccc(C(F)(F)Oc3ccc(-c4ccc(F)c(F)c4)c(F)c3)c(F)c2F)cc1. The molecule has 0 N–H and O–H groups in total. The molecule has 0 fully saturated rings. The van der Waals surface area contributed by atoms with Crippen molar-refractivity contribution in [2.45, 2.75) is 25.9 Å². The van der Waals surface area contributed by atoms with Crippen LogP contribution in [0.2, 0.25) is 0 Å². The lowest BCUT2D eigenvalue weighted by Gasteiger charge is -2.20. The van der Waals surface area contributed by atoms with Crippen LogP contribution in [0.15, 0.2) is 72.8 Å². The van der Waals surface area contributed by atoms with Gasteiger partial charge in [0.25, 0.3) is 0 Å². The molecule has 4 rings (SSSR count). The third-order valence-corrected chi connectivity index (χ3v) is 5.62. The average molecular weight is 504 g/mol. The lowest BCUT2D eigenvalue weighted by molar-refractivity contribution is -0.187. The van der Waals surface area contributed by atoms with E-state index in [1.807, 2.05) is 6.92 Å². The minimum atomic E-state index is -4.34. The number of benzene rings is 4. The highest BCUT2D eigenvalue weighted by atomic mass is 19.3. The Hall–Kier alpha value is -3.81. The van der Waals surface area contributed by atoms with Gasteiger partial charge in [-0.1, -0.05) is 49.7 Å². The molecular formula is C28H19F7O. The molecule has 0 spiro atoms. The molecule has 0 aromatic heterocycles. The Labute approximate surface area is 202 Å². The van der Waals surface area contributed by atoms with E-state index in [2.05, 4.69) is 4.74 Å². The Morgan fingerprint density at radius 3 is 1.94 bits per heavy atom. The summed E-state index contributed by atoms with van der Waals surface area (Å²) in [5.41, 5.74) is -0.473. The van der Waals surface area contributed by atoms with Crippen molar-refractivity contribution in [1.82, 2.24) is 0 Å². The Morgan fingerprint density at radius 2 is 1.31 bits per heavy atom. The van der Waals surface area contributed by atoms with Crippen molar-refractivity contribution in [3.8, 4) is 28.0 Å². The summed E-state index contributed by atoms with van der Waals surface area (Å²) in [5, 5.41) is 0. The van der Waals surface area contributed by atoms with Crippen molar-refractivity contribution >= 4 is 0 Å². The molecule has 4 aromatic rings. The fourth-order valence-electron chi connectivity index (χ4n) is 3.80. The maximum Gasteiger partial charge on any atom is 0.429 e. The van der Waals surface area contributed by atoms with Crippen LogP contribution in [0.4, 0.5) is 30.7 Å². The number of ether oxygens (including phenoxy) is 1. The van der Waals surface area contributed by atoms with Crippen LogP contribution in [0.5, 0.6) is 5.75 Å². The summed E-state index contributed by atoms with van der Waals surface area (Å²) < 4.78 is 105. The van der Waals surface area contributed by atoms with Gasteiger partial charge in [0.15, 0.2) is 23.3 Å². The summed E-state index contributed by atoms with van der Waals surface area (Å²) in [6.07, 6.45) is -2.63. The molecule has 0 amide bonds. The van der Waals surface area contributed by atoms with Gasteiger partial charge in [-0.05, 0) is 53.4 Å². The van der Waals surface area contributed by atoms with Gasteiger partial charge in [-0.25, -0.2) is 22.0 Å². The number of hydrogen-bond donors (Lipinski definition) is 0. The van der Waals surface area contributed by atoms with E-state index in [0.29, 0.717) is 17.7 Å². The first-order chi connectivity index (χ1) is 17.1. The number of rotatable bonds is 7. The lowest BCUT2D eigenvalue weighted by Crippen LogP contribution is -2.24. The maximum absolute atomic E-state index is 14.8. The Morgan fingerprint density at radius 1 is 0.639 bits per heavy atom. The summed E-state index contributed by atoms with van der Waals surface area (Å²) in [6.45, 7) is 2.00. The van der Waals surface area contributed by atoms with Crippen LogP contribution >= 0.6 is 0 Å². The highest BCUT2D eigenvalue weighted by Gasteiger charge is 2.39. The number of hydrogen-bond acceptors (Lipinski definition) is 1. The molecule has 0 aliphatic heterocycles. The van der Waals surface area contributed by atoms with E-state index in [4.69, 9.17) is 0 Å². The van der Waals surface area contributed by atoms with Crippen LogP contribution in [0.25, 0.3) is 22.3 Å². The molecule has 0 saturated heterocycles. The fraction of sp³-hybridized carbons (Fsp3) is 0.143. The van der Waals surface area contributed by atoms with Crippen molar-refractivity contribution in [1.29, 1.82) is 0 Å². The van der Waals surface area contributed by atoms with Crippen LogP contribution in [0, 0.1) is 29.1 Å². The van der Waals surface area contributed by atoms with Gasteiger partial charge in [0.2, 0.25) is 0 Å². The quantitative estimate of drug-likeness (QED) is 0.229. The zero-order valence-electron chi connectivity index (χ0n) is 18.9. The Bertz CT molecular complexity index is 1400. The summed E-state index contributed by atoms with van der Waals surface area (Å²) in [5.74, 6) is -7.36. The molecule has 0 atom stereocenters. The summed E-state index contributed by atoms with van der Waals surface area (Å²) in [6, 6.07) is 13.6. The summed E-state index contributed by atoms with van der Waals surface area (Å²) in [4.78, 5) is 0. The molecule has 1 nitrogen and oxygen atoms in total. The van der Waals surface area contributed by atoms with Crippen LogP contribution in [0.3, 0.4) is 0 Å². The maximum atomic E-state index is 14.8. The largest absolute Gasteiger partial charge is 0.429 e. The Balaban J connectivity index is 1.59. The number of aryl methyl sites for hydroxylation is 1. The van der Waals surface area contributed by atoms with Crippen molar-refractivity contribution in [3.63, 3.8) is 0 Å². The van der Waals surface area contributed by atoms with Crippen LogP contribution in [-0.4, -0.2) is 0 Å². The molecule has 186 valence electrons. The predicted molar refractivity (Wildman–Crippen MR) is 122 cm³/mol. The van der Waals surface area contributed by atoms with Gasteiger partial charge >= 0.3 is 6.11 Å². The summed E-state index contributed by atoms with van der Waals surface area (Å²) >= 11 is 0. The second-order valence-corrected chi connectivity index (χ2v) is 8.12. The molecule has 0 aliphatic carbocycles. The molecule has 0 saturated carbocycles. The van der Waals surface area contributed by atoms with E-state index >= 15 is 0 Å². The topological polar surface area (TPSA) is 9.23 Å². The van der Waals surface area contributed by atoms with Gasteiger partial charge in [0.05, 0.1) is 0 Å². The van der Waals surface area contributed by atoms with E-state index in [1.54, 1.807) is 24.3 Å². The first-order valence-electron chi connectivity index (χ1n) is 11.0. The van der Waals surface area contributed by atoms with Gasteiger partial charge in [-0.3, -0.25) is 0 Å². The Kier molecular flexibility index (Phi) is 7.06. The third kappa shape index (κ3) is 5.08. The highest BCUT2D eigenvalue weighted by molar-refractivity contribution is 5.66. The van der Waals surface area contributed by atoms with Crippen LogP contribution < -0.4 is 4.74 Å². The van der Waals surface area contributed by atoms with Gasteiger partial charge in [0.1, 0.15) is 17.1 Å². The molecule has 0 bridgehead atoms. The molecular weight excluding hydrogens is 485 g/mol. The molecule has 0 unspecified atom stereocenters. The minimum absolute atomic E-state index is 0.0314. The smallest absolute Gasteiger partial charge is 0.429 e. The third-order valence-electron chi connectivity index (χ3n) is 5.62. The van der Waals surface area contributed by atoms with Gasteiger partial charge < -0.3 is 4.74 Å². The molecule has 36 heavy (non-hydrogen) atoms. The zero-order valence-corrected chi connectivity index (χ0v) is 18.9. The molecule has 0 heterocycles. The van der Waals surface area contributed by atoms with Gasteiger partial charge in [-0.15, -0.1) is 0 Å². The fourth-order valence-corrected chi connectivity index (χ4v) is 3.80. The normalized spacial score (nSPS) is 11.6. The van der Waals surface area contributed by atoms with Gasteiger partial charge in [0, 0.05) is 17.2 Å². The monoisotopic (exact) mass is 504 g/mol. The molecule has 0 radical (unpaired) electrons. The van der Waals surface area contributed by atoms with E-state index in [9.17, 15) is 30.7 Å². The van der Waals surface area contributed by atoms with Crippen molar-refractivity contribution in [2.75, 3.05) is 0 Å². The number of alkyl halides is 2. The first-order valence-corrected chi connectivity index (χ1v) is 11.0. The van der Waals surface area contributed by atoms with Crippen molar-refractivity contribution in [3.05, 3.63) is 113 Å². The second-order valence-electron chi connectivity index (χ2n) is 8.12. The van der Waals surface area contributed by atoms with E-state index in [1.165, 1.54) is 0 Å². The van der Waals surface area contributed by atoms with E-state index in [-0.39, 0.29) is 16.7 Å². The van der Waals surface area contributed by atoms with E-state index < -0.39 is 46.5 Å².